The van der Waals surface area contributed by atoms with E-state index in [-0.39, 0.29) is 0 Å². The first-order chi connectivity index (χ1) is 8.16. The van der Waals surface area contributed by atoms with Crippen molar-refractivity contribution in [3.05, 3.63) is 35.4 Å². The smallest absolute Gasteiger partial charge is 0.0417 e. The Morgan fingerprint density at radius 3 is 2.94 bits per heavy atom. The summed E-state index contributed by atoms with van der Waals surface area (Å²) < 4.78 is 0. The lowest BCUT2D eigenvalue weighted by Gasteiger charge is -2.30. The van der Waals surface area contributed by atoms with Crippen LogP contribution >= 0.6 is 11.8 Å². The van der Waals surface area contributed by atoms with Gasteiger partial charge in [0.2, 0.25) is 0 Å². The minimum atomic E-state index is 0.514. The molecule has 3 heteroatoms. The predicted octanol–water partition coefficient (Wildman–Crippen LogP) is 2.51. The Hall–Kier alpha value is -0.510. The summed E-state index contributed by atoms with van der Waals surface area (Å²) in [6.45, 7) is 3.35. The van der Waals surface area contributed by atoms with Crippen molar-refractivity contribution in [1.82, 2.24) is 10.2 Å². The number of nitrogens with one attached hydrogen (secondary N) is 1. The van der Waals surface area contributed by atoms with Crippen molar-refractivity contribution in [2.45, 2.75) is 24.8 Å². The average molecular weight is 250 g/mol. The summed E-state index contributed by atoms with van der Waals surface area (Å²) in [7, 11) is 4.25. The second kappa shape index (κ2) is 5.89. The van der Waals surface area contributed by atoms with Crippen LogP contribution in [0.25, 0.3) is 0 Å². The van der Waals surface area contributed by atoms with Crippen LogP contribution in [0, 0.1) is 0 Å². The van der Waals surface area contributed by atoms with Gasteiger partial charge >= 0.3 is 0 Å². The fourth-order valence-electron chi connectivity index (χ4n) is 2.46. The van der Waals surface area contributed by atoms with Gasteiger partial charge in [-0.05, 0) is 32.1 Å². The Kier molecular flexibility index (Phi) is 4.48. The lowest BCUT2D eigenvalue weighted by molar-refractivity contribution is 0.335. The molecule has 1 aliphatic heterocycles. The van der Waals surface area contributed by atoms with Gasteiger partial charge in [-0.3, -0.25) is 0 Å². The quantitative estimate of drug-likeness (QED) is 0.884. The third-order valence-corrected chi connectivity index (χ3v) is 4.18. The van der Waals surface area contributed by atoms with E-state index in [2.05, 4.69) is 55.5 Å². The number of hydrogen-bond donors (Lipinski definition) is 1. The first kappa shape index (κ1) is 12.9. The number of hydrogen-bond acceptors (Lipinski definition) is 3. The zero-order valence-corrected chi connectivity index (χ0v) is 11.8. The highest BCUT2D eigenvalue weighted by atomic mass is 32.2. The van der Waals surface area contributed by atoms with Crippen LogP contribution in [-0.4, -0.2) is 37.3 Å². The Balaban J connectivity index is 2.03. The van der Waals surface area contributed by atoms with Crippen molar-refractivity contribution in [2.24, 2.45) is 0 Å². The van der Waals surface area contributed by atoms with Crippen molar-refractivity contribution >= 4 is 11.8 Å². The Bertz CT molecular complexity index is 365. The van der Waals surface area contributed by atoms with E-state index in [9.17, 15) is 0 Å². The van der Waals surface area contributed by atoms with Gasteiger partial charge in [0.1, 0.15) is 0 Å². The summed E-state index contributed by atoms with van der Waals surface area (Å²) in [5.74, 6) is 2.35. The van der Waals surface area contributed by atoms with Crippen LogP contribution in [0.15, 0.2) is 24.3 Å². The number of nitrogens with zero attached hydrogens (tertiary/aromatic N) is 1. The number of fused-ring (bicyclic) bond motifs is 1. The highest BCUT2D eigenvalue weighted by Gasteiger charge is 2.21. The Labute approximate surface area is 109 Å². The monoisotopic (exact) mass is 250 g/mol. The molecule has 1 aliphatic rings. The molecule has 0 fully saturated rings. The zero-order valence-electron chi connectivity index (χ0n) is 10.9. The van der Waals surface area contributed by atoms with Crippen molar-refractivity contribution in [1.29, 1.82) is 0 Å². The fourth-order valence-corrected chi connectivity index (χ4v) is 3.58. The summed E-state index contributed by atoms with van der Waals surface area (Å²) >= 11 is 2.03. The third kappa shape index (κ3) is 3.47. The minimum Gasteiger partial charge on any atom is -0.308 e. The van der Waals surface area contributed by atoms with Gasteiger partial charge in [0.15, 0.2) is 0 Å². The molecule has 1 N–H and O–H groups in total. The number of likely N-dealkylation sites (N-methyl/N-ethyl adjacent to an activating group) is 1. The van der Waals surface area contributed by atoms with Crippen LogP contribution in [-0.2, 0) is 5.75 Å². The molecule has 0 amide bonds. The second-order valence-corrected chi connectivity index (χ2v) is 6.13. The van der Waals surface area contributed by atoms with Crippen molar-refractivity contribution in [2.75, 3.05) is 26.4 Å². The normalized spacial score (nSPS) is 21.3. The molecular formula is C14H22N2S. The van der Waals surface area contributed by atoms with E-state index < -0.39 is 0 Å². The summed E-state index contributed by atoms with van der Waals surface area (Å²) in [6, 6.07) is 9.87. The second-order valence-electron chi connectivity index (χ2n) is 5.10. The molecule has 0 radical (unpaired) electrons. The first-order valence-corrected chi connectivity index (χ1v) is 7.38. The molecule has 0 spiro atoms. The lowest BCUT2D eigenvalue weighted by Crippen LogP contribution is -2.39. The van der Waals surface area contributed by atoms with Crippen LogP contribution in [0.3, 0.4) is 0 Å². The van der Waals surface area contributed by atoms with E-state index >= 15 is 0 Å². The van der Waals surface area contributed by atoms with E-state index in [0.717, 1.165) is 12.3 Å². The highest BCUT2D eigenvalue weighted by Crippen LogP contribution is 2.31. The van der Waals surface area contributed by atoms with Gasteiger partial charge in [0, 0.05) is 30.1 Å². The van der Waals surface area contributed by atoms with Gasteiger partial charge in [-0.25, -0.2) is 0 Å². The van der Waals surface area contributed by atoms with Crippen molar-refractivity contribution in [3.8, 4) is 0 Å². The van der Waals surface area contributed by atoms with Gasteiger partial charge in [0.25, 0.3) is 0 Å². The highest BCUT2D eigenvalue weighted by molar-refractivity contribution is 7.98. The predicted molar refractivity (Wildman–Crippen MR) is 76.5 cm³/mol. The first-order valence-electron chi connectivity index (χ1n) is 6.23. The Morgan fingerprint density at radius 2 is 2.18 bits per heavy atom. The van der Waals surface area contributed by atoms with Gasteiger partial charge in [-0.1, -0.05) is 24.3 Å². The van der Waals surface area contributed by atoms with Crippen LogP contribution < -0.4 is 5.32 Å². The molecule has 17 heavy (non-hydrogen) atoms. The van der Waals surface area contributed by atoms with Gasteiger partial charge in [-0.2, -0.15) is 11.8 Å². The van der Waals surface area contributed by atoms with Crippen LogP contribution in [0.5, 0.6) is 0 Å². The minimum absolute atomic E-state index is 0.514. The number of thioether (sulfide) groups is 1. The van der Waals surface area contributed by atoms with E-state index in [1.54, 1.807) is 0 Å². The summed E-state index contributed by atoms with van der Waals surface area (Å²) in [6.07, 6.45) is 0. The van der Waals surface area contributed by atoms with Gasteiger partial charge in [-0.15, -0.1) is 0 Å². The molecule has 0 bridgehead atoms. The van der Waals surface area contributed by atoms with Crippen LogP contribution in [0.2, 0.25) is 0 Å². The van der Waals surface area contributed by atoms with Crippen molar-refractivity contribution < 1.29 is 0 Å². The third-order valence-electron chi connectivity index (χ3n) is 3.10. The van der Waals surface area contributed by atoms with Crippen LogP contribution in [0.1, 0.15) is 24.1 Å². The van der Waals surface area contributed by atoms with E-state index in [0.29, 0.717) is 12.1 Å². The molecule has 2 nitrogen and oxygen atoms in total. The zero-order chi connectivity index (χ0) is 12.3. The summed E-state index contributed by atoms with van der Waals surface area (Å²) in [5.41, 5.74) is 3.00. The van der Waals surface area contributed by atoms with E-state index in [1.807, 2.05) is 11.8 Å². The topological polar surface area (TPSA) is 15.3 Å². The largest absolute Gasteiger partial charge is 0.308 e. The molecule has 2 unspecified atom stereocenters. The van der Waals surface area contributed by atoms with Crippen molar-refractivity contribution in [3.63, 3.8) is 0 Å². The van der Waals surface area contributed by atoms with Gasteiger partial charge in [0.05, 0.1) is 0 Å². The molecule has 2 atom stereocenters. The maximum absolute atomic E-state index is 3.74. The Morgan fingerprint density at radius 1 is 1.41 bits per heavy atom. The fraction of sp³-hybridized carbons (Fsp3) is 0.571. The number of rotatable bonds is 4. The molecule has 94 valence electrons. The molecule has 2 rings (SSSR count). The standard InChI is InChI=1S/C14H22N2S/c1-11(8-16(2)3)15-14-10-17-9-12-6-4-5-7-13(12)14/h4-7,11,14-15H,8-10H2,1-3H3. The average Bonchev–Trinajstić information content (AvgIpc) is 2.28. The molecule has 1 aromatic carbocycles. The molecule has 1 heterocycles. The summed E-state index contributed by atoms with van der Waals surface area (Å²) in [5, 5.41) is 3.74. The molecule has 0 saturated heterocycles. The summed E-state index contributed by atoms with van der Waals surface area (Å²) in [4.78, 5) is 2.24. The molecule has 0 aromatic heterocycles. The van der Waals surface area contributed by atoms with E-state index in [4.69, 9.17) is 0 Å². The van der Waals surface area contributed by atoms with Crippen LogP contribution in [0.4, 0.5) is 0 Å². The molecule has 0 aliphatic carbocycles. The molecular weight excluding hydrogens is 228 g/mol. The lowest BCUT2D eigenvalue weighted by atomic mass is 10.0. The van der Waals surface area contributed by atoms with E-state index in [1.165, 1.54) is 16.9 Å². The SMILES string of the molecule is CC(CN(C)C)NC1CSCc2ccccc21. The molecule has 1 aromatic rings. The maximum Gasteiger partial charge on any atom is 0.0417 e. The maximum atomic E-state index is 3.74. The van der Waals surface area contributed by atoms with Gasteiger partial charge < -0.3 is 10.2 Å². The molecule has 0 saturated carbocycles. The number of benzene rings is 1.